The fourth-order valence-corrected chi connectivity index (χ4v) is 2.04. The van der Waals surface area contributed by atoms with Crippen LogP contribution in [-0.2, 0) is 13.5 Å². The van der Waals surface area contributed by atoms with Crippen molar-refractivity contribution < 1.29 is 17.9 Å². The minimum Gasteiger partial charge on any atom is -0.404 e. The monoisotopic (exact) mass is 469 g/mol. The quantitative estimate of drug-likeness (QED) is 0.295. The number of hydrogen-bond acceptors (Lipinski definition) is 3. The molecule has 0 saturated carbocycles. The molecule has 0 radical (unpaired) electrons. The molecule has 0 amide bonds. The second kappa shape index (κ2) is 9.49. The largest absolute Gasteiger partial charge is 0.573 e. The fourth-order valence-electron chi connectivity index (χ4n) is 2.04. The molecule has 0 atom stereocenters. The number of halogens is 4. The molecule has 1 aromatic carbocycles. The second-order valence-corrected chi connectivity index (χ2v) is 5.06. The molecule has 0 unspecified atom stereocenters. The van der Waals surface area contributed by atoms with E-state index in [0.717, 1.165) is 18.4 Å². The van der Waals surface area contributed by atoms with E-state index >= 15 is 0 Å². The lowest BCUT2D eigenvalue weighted by Gasteiger charge is -2.14. The van der Waals surface area contributed by atoms with Crippen LogP contribution >= 0.6 is 24.0 Å². The van der Waals surface area contributed by atoms with Crippen LogP contribution in [0.4, 0.5) is 18.9 Å². The summed E-state index contributed by atoms with van der Waals surface area (Å²) in [4.78, 5) is 4.10. The van der Waals surface area contributed by atoms with Crippen molar-refractivity contribution in [2.45, 2.75) is 19.2 Å². The molecule has 1 aromatic heterocycles. The van der Waals surface area contributed by atoms with E-state index in [1.807, 2.05) is 13.2 Å². The Morgan fingerprint density at radius 3 is 2.72 bits per heavy atom. The normalized spacial score (nSPS) is 11.8. The Morgan fingerprint density at radius 2 is 2.08 bits per heavy atom. The number of nitrogens with one attached hydrogen (secondary N) is 1. The Bertz CT molecular complexity index is 702. The van der Waals surface area contributed by atoms with E-state index in [0.29, 0.717) is 6.54 Å². The molecular weight excluding hydrogens is 450 g/mol. The third kappa shape index (κ3) is 7.63. The molecule has 0 saturated heterocycles. The molecule has 25 heavy (non-hydrogen) atoms. The molecule has 10 heteroatoms. The summed E-state index contributed by atoms with van der Waals surface area (Å²) in [7, 11) is 1.84. The number of nitrogens with zero attached hydrogens (tertiary/aromatic N) is 3. The Morgan fingerprint density at radius 1 is 1.36 bits per heavy atom. The zero-order chi connectivity index (χ0) is 17.6. The lowest BCUT2D eigenvalue weighted by molar-refractivity contribution is -0.274. The standard InChI is InChI=1S/C15H18F3N5O.HI/c1-23-10-11(9-21-23)5-4-8-20-14(19)22-12-6-2-3-7-13(12)24-15(16,17)18;/h2-3,6-7,9-10H,4-5,8H2,1H3,(H3,19,20,22);1H. The van der Waals surface area contributed by atoms with Gasteiger partial charge in [0.25, 0.3) is 0 Å². The maximum Gasteiger partial charge on any atom is 0.573 e. The first-order valence-corrected chi connectivity index (χ1v) is 7.23. The highest BCUT2D eigenvalue weighted by atomic mass is 127. The van der Waals surface area contributed by atoms with Gasteiger partial charge >= 0.3 is 6.36 Å². The summed E-state index contributed by atoms with van der Waals surface area (Å²) in [6, 6.07) is 5.64. The summed E-state index contributed by atoms with van der Waals surface area (Å²) >= 11 is 0. The van der Waals surface area contributed by atoms with Crippen molar-refractivity contribution in [3.8, 4) is 5.75 Å². The van der Waals surface area contributed by atoms with Gasteiger partial charge in [-0.1, -0.05) is 12.1 Å². The number of benzene rings is 1. The van der Waals surface area contributed by atoms with Gasteiger partial charge < -0.3 is 15.8 Å². The lowest BCUT2D eigenvalue weighted by Crippen LogP contribution is -2.24. The van der Waals surface area contributed by atoms with Crippen LogP contribution in [0, 0.1) is 0 Å². The van der Waals surface area contributed by atoms with Gasteiger partial charge in [-0.05, 0) is 30.5 Å². The van der Waals surface area contributed by atoms with E-state index in [1.54, 1.807) is 16.9 Å². The minimum atomic E-state index is -4.77. The molecule has 0 aliphatic heterocycles. The van der Waals surface area contributed by atoms with Crippen molar-refractivity contribution in [3.05, 3.63) is 42.2 Å². The van der Waals surface area contributed by atoms with Crippen LogP contribution in [0.1, 0.15) is 12.0 Å². The van der Waals surface area contributed by atoms with Crippen LogP contribution in [0.15, 0.2) is 41.7 Å². The third-order valence-corrected chi connectivity index (χ3v) is 3.04. The van der Waals surface area contributed by atoms with Gasteiger partial charge in [0.1, 0.15) is 0 Å². The number of hydrogen-bond donors (Lipinski definition) is 2. The number of rotatable bonds is 6. The summed E-state index contributed by atoms with van der Waals surface area (Å²) in [5.41, 5.74) is 6.89. The molecule has 2 aromatic rings. The molecule has 0 bridgehead atoms. The zero-order valence-corrected chi connectivity index (χ0v) is 15.8. The third-order valence-electron chi connectivity index (χ3n) is 3.04. The van der Waals surface area contributed by atoms with Crippen molar-refractivity contribution >= 4 is 35.6 Å². The lowest BCUT2D eigenvalue weighted by atomic mass is 10.2. The van der Waals surface area contributed by atoms with Gasteiger partial charge in [0.15, 0.2) is 11.7 Å². The number of para-hydroxylation sites is 2. The van der Waals surface area contributed by atoms with Crippen LogP contribution in [0.25, 0.3) is 0 Å². The first kappa shape index (κ1) is 21.1. The topological polar surface area (TPSA) is 77.5 Å². The summed E-state index contributed by atoms with van der Waals surface area (Å²) in [5.74, 6) is -0.335. The Labute approximate surface area is 160 Å². The van der Waals surface area contributed by atoms with Crippen LogP contribution < -0.4 is 15.8 Å². The highest BCUT2D eigenvalue weighted by molar-refractivity contribution is 14.0. The van der Waals surface area contributed by atoms with Gasteiger partial charge in [0.05, 0.1) is 11.9 Å². The SMILES string of the molecule is Cn1cc(CCCN=C(N)Nc2ccccc2OC(F)(F)F)cn1.I. The van der Waals surface area contributed by atoms with Gasteiger partial charge in [-0.25, -0.2) is 0 Å². The highest BCUT2D eigenvalue weighted by Gasteiger charge is 2.32. The number of guanidine groups is 1. The van der Waals surface area contributed by atoms with Crippen molar-refractivity contribution in [1.82, 2.24) is 9.78 Å². The number of aliphatic imine (C=N–C) groups is 1. The Kier molecular flexibility index (Phi) is 8.00. The van der Waals surface area contributed by atoms with Crippen molar-refractivity contribution in [2.75, 3.05) is 11.9 Å². The molecule has 3 N–H and O–H groups in total. The predicted octanol–water partition coefficient (Wildman–Crippen LogP) is 3.30. The molecular formula is C15H19F3IN5O. The zero-order valence-electron chi connectivity index (χ0n) is 13.5. The summed E-state index contributed by atoms with van der Waals surface area (Å²) in [6.07, 6.45) is 0.451. The van der Waals surface area contributed by atoms with E-state index in [4.69, 9.17) is 5.73 Å². The number of ether oxygens (including phenoxy) is 1. The van der Waals surface area contributed by atoms with E-state index in [-0.39, 0.29) is 41.4 Å². The van der Waals surface area contributed by atoms with Crippen molar-refractivity contribution in [2.24, 2.45) is 17.8 Å². The van der Waals surface area contributed by atoms with E-state index in [9.17, 15) is 13.2 Å². The van der Waals surface area contributed by atoms with Gasteiger partial charge in [-0.15, -0.1) is 37.1 Å². The number of aromatic nitrogens is 2. The average molecular weight is 469 g/mol. The van der Waals surface area contributed by atoms with Gasteiger partial charge in [-0.2, -0.15) is 5.10 Å². The first-order chi connectivity index (χ1) is 11.3. The van der Waals surface area contributed by atoms with Gasteiger partial charge in [-0.3, -0.25) is 9.67 Å². The molecule has 1 heterocycles. The Balaban J connectivity index is 0.00000312. The highest BCUT2D eigenvalue weighted by Crippen LogP contribution is 2.29. The molecule has 6 nitrogen and oxygen atoms in total. The summed E-state index contributed by atoms with van der Waals surface area (Å²) < 4.78 is 42.7. The number of anilines is 1. The van der Waals surface area contributed by atoms with Crippen molar-refractivity contribution in [1.29, 1.82) is 0 Å². The fraction of sp³-hybridized carbons (Fsp3) is 0.333. The first-order valence-electron chi connectivity index (χ1n) is 7.23. The van der Waals surface area contributed by atoms with E-state index < -0.39 is 6.36 Å². The van der Waals surface area contributed by atoms with Crippen LogP contribution in [-0.4, -0.2) is 28.6 Å². The number of alkyl halides is 3. The predicted molar refractivity (Wildman–Crippen MR) is 100 cm³/mol. The summed E-state index contributed by atoms with van der Waals surface area (Å²) in [5, 5.41) is 6.69. The number of nitrogens with two attached hydrogens (primary N) is 1. The van der Waals surface area contributed by atoms with Crippen molar-refractivity contribution in [3.63, 3.8) is 0 Å². The second-order valence-electron chi connectivity index (χ2n) is 5.06. The maximum absolute atomic E-state index is 12.4. The molecule has 0 aliphatic rings. The van der Waals surface area contributed by atoms with Crippen LogP contribution in [0.5, 0.6) is 5.75 Å². The molecule has 0 spiro atoms. The number of aryl methyl sites for hydroxylation is 2. The molecule has 138 valence electrons. The van der Waals surface area contributed by atoms with Gasteiger partial charge in [0.2, 0.25) is 0 Å². The van der Waals surface area contributed by atoms with E-state index in [1.165, 1.54) is 18.2 Å². The van der Waals surface area contributed by atoms with E-state index in [2.05, 4.69) is 20.1 Å². The maximum atomic E-state index is 12.4. The van der Waals surface area contributed by atoms with Gasteiger partial charge in [0, 0.05) is 19.8 Å². The van der Waals surface area contributed by atoms with Crippen LogP contribution in [0.3, 0.4) is 0 Å². The smallest absolute Gasteiger partial charge is 0.404 e. The molecule has 0 aliphatic carbocycles. The minimum absolute atomic E-state index is 0. The average Bonchev–Trinajstić information content (AvgIpc) is 2.90. The van der Waals surface area contributed by atoms with Crippen LogP contribution in [0.2, 0.25) is 0 Å². The Hall–Kier alpha value is -1.98. The molecule has 2 rings (SSSR count). The molecule has 0 fully saturated rings. The summed E-state index contributed by atoms with van der Waals surface area (Å²) in [6.45, 7) is 0.440.